The molecule has 0 atom stereocenters. The van der Waals surface area contributed by atoms with E-state index in [1.807, 2.05) is 42.5 Å². The Balaban J connectivity index is 1.27. The Morgan fingerprint density at radius 1 is 1.00 bits per heavy atom. The molecule has 2 aromatic heterocycles. The monoisotopic (exact) mass is 550 g/mol. The second kappa shape index (κ2) is 10.5. The largest absolute Gasteiger partial charge is 0.393 e. The highest BCUT2D eigenvalue weighted by Gasteiger charge is 2.28. The number of benzene rings is 2. The van der Waals surface area contributed by atoms with Crippen molar-refractivity contribution in [2.75, 3.05) is 27.2 Å². The summed E-state index contributed by atoms with van der Waals surface area (Å²) in [6, 6.07) is 17.9. The van der Waals surface area contributed by atoms with Crippen LogP contribution in [0.3, 0.4) is 0 Å². The summed E-state index contributed by atoms with van der Waals surface area (Å²) in [5, 5.41) is 17.4. The summed E-state index contributed by atoms with van der Waals surface area (Å²) in [5.74, 6) is 1.40. The predicted octanol–water partition coefficient (Wildman–Crippen LogP) is 4.68. The smallest absolute Gasteiger partial charge is 0.235 e. The van der Waals surface area contributed by atoms with Crippen LogP contribution in [0, 0.1) is 0 Å². The zero-order chi connectivity index (χ0) is 26.1. The standard InChI is InChI=1S/C27H30N6O3S2/c34-22-10-7-19(8-11-22)28-26-29-20(15-18-5-2-1-3-6-18)16-25(31-26)32-27-30-23-12-9-21(17-24(23)37-27)33-13-4-14-38(33,35)36/h1-3,5-6,9,12,16-17,19,22,34H,4,7-8,10-11,13-15H2,(H2,28,29,30,31,32). The molecule has 3 N–H and O–H groups in total. The summed E-state index contributed by atoms with van der Waals surface area (Å²) >= 11 is 1.46. The quantitative estimate of drug-likeness (QED) is 0.304. The number of aliphatic hydroxyl groups excluding tert-OH is 1. The minimum absolute atomic E-state index is 0.192. The van der Waals surface area contributed by atoms with E-state index in [-0.39, 0.29) is 17.9 Å². The molecule has 198 valence electrons. The number of thiazole rings is 1. The topological polar surface area (TPSA) is 120 Å². The molecule has 38 heavy (non-hydrogen) atoms. The van der Waals surface area contributed by atoms with Crippen LogP contribution in [0.15, 0.2) is 54.6 Å². The van der Waals surface area contributed by atoms with Gasteiger partial charge in [0.2, 0.25) is 16.0 Å². The summed E-state index contributed by atoms with van der Waals surface area (Å²) < 4.78 is 27.1. The highest BCUT2D eigenvalue weighted by Crippen LogP contribution is 2.33. The van der Waals surface area contributed by atoms with E-state index >= 15 is 0 Å². The molecule has 2 fully saturated rings. The fourth-order valence-corrected chi connectivity index (χ4v) is 7.55. The third kappa shape index (κ3) is 5.59. The average molecular weight is 551 g/mol. The Bertz CT molecular complexity index is 1540. The number of hydrogen-bond acceptors (Lipinski definition) is 9. The van der Waals surface area contributed by atoms with Crippen LogP contribution < -0.4 is 14.9 Å². The highest BCUT2D eigenvalue weighted by molar-refractivity contribution is 7.93. The van der Waals surface area contributed by atoms with E-state index in [9.17, 15) is 13.5 Å². The molecule has 2 aliphatic rings. The van der Waals surface area contributed by atoms with Gasteiger partial charge in [-0.1, -0.05) is 41.7 Å². The number of fused-ring (bicyclic) bond motifs is 1. The molecular formula is C27H30N6O3S2. The van der Waals surface area contributed by atoms with Gasteiger partial charge in [-0.2, -0.15) is 4.98 Å². The summed E-state index contributed by atoms with van der Waals surface area (Å²) in [6.45, 7) is 0.513. The number of rotatable bonds is 7. The summed E-state index contributed by atoms with van der Waals surface area (Å²) in [4.78, 5) is 14.2. The van der Waals surface area contributed by atoms with Gasteiger partial charge in [0, 0.05) is 25.1 Å². The Hall–Kier alpha value is -3.28. The average Bonchev–Trinajstić information content (AvgIpc) is 3.46. The van der Waals surface area contributed by atoms with Crippen molar-refractivity contribution in [2.24, 2.45) is 0 Å². The maximum atomic E-state index is 12.4. The van der Waals surface area contributed by atoms with Crippen LogP contribution in [-0.2, 0) is 16.4 Å². The Labute approximate surface area is 226 Å². The molecule has 1 saturated carbocycles. The van der Waals surface area contributed by atoms with Gasteiger partial charge in [-0.15, -0.1) is 0 Å². The van der Waals surface area contributed by atoms with Crippen LogP contribution in [0.4, 0.5) is 22.6 Å². The molecule has 4 aromatic rings. The highest BCUT2D eigenvalue weighted by atomic mass is 32.2. The molecule has 11 heteroatoms. The van der Waals surface area contributed by atoms with Gasteiger partial charge in [-0.25, -0.2) is 18.4 Å². The molecule has 9 nitrogen and oxygen atoms in total. The number of aliphatic hydroxyl groups is 1. The molecule has 1 aliphatic heterocycles. The molecule has 0 unspecified atom stereocenters. The minimum Gasteiger partial charge on any atom is -0.393 e. The van der Waals surface area contributed by atoms with Crippen LogP contribution in [0.1, 0.15) is 43.4 Å². The molecule has 1 aliphatic carbocycles. The third-order valence-corrected chi connectivity index (χ3v) is 9.83. The fraction of sp³-hybridized carbons (Fsp3) is 0.370. The van der Waals surface area contributed by atoms with Crippen LogP contribution in [0.25, 0.3) is 10.2 Å². The second-order valence-electron chi connectivity index (χ2n) is 9.92. The molecular weight excluding hydrogens is 520 g/mol. The van der Waals surface area contributed by atoms with Crippen molar-refractivity contribution in [3.8, 4) is 0 Å². The van der Waals surface area contributed by atoms with Gasteiger partial charge < -0.3 is 15.7 Å². The van der Waals surface area contributed by atoms with Gasteiger partial charge in [0.15, 0.2) is 5.13 Å². The van der Waals surface area contributed by atoms with Crippen LogP contribution in [-0.4, -0.2) is 52.9 Å². The van der Waals surface area contributed by atoms with Gasteiger partial charge in [0.25, 0.3) is 0 Å². The van der Waals surface area contributed by atoms with E-state index in [0.29, 0.717) is 42.0 Å². The Morgan fingerprint density at radius 2 is 1.82 bits per heavy atom. The van der Waals surface area contributed by atoms with Crippen molar-refractivity contribution >= 4 is 54.2 Å². The van der Waals surface area contributed by atoms with Crippen molar-refractivity contribution in [3.05, 3.63) is 65.9 Å². The number of aromatic nitrogens is 3. The van der Waals surface area contributed by atoms with E-state index in [1.165, 1.54) is 15.6 Å². The van der Waals surface area contributed by atoms with E-state index in [4.69, 9.17) is 15.0 Å². The zero-order valence-corrected chi connectivity index (χ0v) is 22.5. The van der Waals surface area contributed by atoms with Gasteiger partial charge in [-0.05, 0) is 55.9 Å². The number of hydrogen-bond donors (Lipinski definition) is 3. The van der Waals surface area contributed by atoms with Gasteiger partial charge in [-0.3, -0.25) is 4.31 Å². The Kier molecular flexibility index (Phi) is 6.89. The zero-order valence-electron chi connectivity index (χ0n) is 20.9. The molecule has 2 aromatic carbocycles. The second-order valence-corrected chi connectivity index (χ2v) is 13.0. The first-order chi connectivity index (χ1) is 18.4. The molecule has 0 bridgehead atoms. The number of nitrogens with one attached hydrogen (secondary N) is 2. The van der Waals surface area contributed by atoms with E-state index in [2.05, 4.69) is 22.8 Å². The summed E-state index contributed by atoms with van der Waals surface area (Å²) in [6.07, 6.45) is 4.40. The number of sulfonamides is 1. The molecule has 0 amide bonds. The van der Waals surface area contributed by atoms with E-state index in [1.54, 1.807) is 0 Å². The first-order valence-corrected chi connectivity index (χ1v) is 15.4. The first kappa shape index (κ1) is 25.0. The van der Waals surface area contributed by atoms with Crippen molar-refractivity contribution in [1.82, 2.24) is 15.0 Å². The summed E-state index contributed by atoms with van der Waals surface area (Å²) in [7, 11) is -3.24. The maximum Gasteiger partial charge on any atom is 0.235 e. The number of nitrogens with zero attached hydrogens (tertiary/aromatic N) is 4. The lowest BCUT2D eigenvalue weighted by Crippen LogP contribution is -2.29. The molecule has 0 spiro atoms. The van der Waals surface area contributed by atoms with Gasteiger partial charge in [0.1, 0.15) is 5.82 Å². The van der Waals surface area contributed by atoms with Crippen LogP contribution in [0.5, 0.6) is 0 Å². The van der Waals surface area contributed by atoms with Gasteiger partial charge in [0.05, 0.1) is 33.5 Å². The van der Waals surface area contributed by atoms with Crippen molar-refractivity contribution in [2.45, 2.75) is 50.7 Å². The summed E-state index contributed by atoms with van der Waals surface area (Å²) in [5.41, 5.74) is 3.53. The molecule has 6 rings (SSSR count). The first-order valence-electron chi connectivity index (χ1n) is 13.0. The van der Waals surface area contributed by atoms with Crippen molar-refractivity contribution in [3.63, 3.8) is 0 Å². The van der Waals surface area contributed by atoms with Crippen LogP contribution in [0.2, 0.25) is 0 Å². The lowest BCUT2D eigenvalue weighted by Gasteiger charge is -2.26. The third-order valence-electron chi connectivity index (χ3n) is 7.03. The van der Waals surface area contributed by atoms with E-state index in [0.717, 1.165) is 47.2 Å². The molecule has 0 radical (unpaired) electrons. The SMILES string of the molecule is O=S1(=O)CCCN1c1ccc2nc(Nc3cc(Cc4ccccc4)nc(NC4CCC(O)CC4)n3)sc2c1. The van der Waals surface area contributed by atoms with Crippen molar-refractivity contribution < 1.29 is 13.5 Å². The number of anilines is 4. The van der Waals surface area contributed by atoms with E-state index < -0.39 is 10.0 Å². The Morgan fingerprint density at radius 3 is 2.58 bits per heavy atom. The van der Waals surface area contributed by atoms with Crippen molar-refractivity contribution in [1.29, 1.82) is 0 Å². The van der Waals surface area contributed by atoms with Gasteiger partial charge >= 0.3 is 0 Å². The lowest BCUT2D eigenvalue weighted by molar-refractivity contribution is 0.126. The normalized spacial score (nSPS) is 21.0. The lowest BCUT2D eigenvalue weighted by atomic mass is 9.93. The predicted molar refractivity (Wildman–Crippen MR) is 152 cm³/mol. The maximum absolute atomic E-state index is 12.4. The molecule has 3 heterocycles. The van der Waals surface area contributed by atoms with Crippen LogP contribution >= 0.6 is 11.3 Å². The minimum atomic E-state index is -3.24. The molecule has 1 saturated heterocycles. The fourth-order valence-electron chi connectivity index (χ4n) is 5.09.